The Hall–Kier alpha value is -0.610. The van der Waals surface area contributed by atoms with Crippen LogP contribution in [0.2, 0.25) is 0 Å². The van der Waals surface area contributed by atoms with Crippen molar-refractivity contribution in [2.45, 2.75) is 456 Å². The highest BCUT2D eigenvalue weighted by molar-refractivity contribution is 5.76. The Balaban J connectivity index is 3.32. The molecule has 1 amide bonds. The van der Waals surface area contributed by atoms with Crippen LogP contribution in [0.1, 0.15) is 444 Å². The zero-order valence-electron chi connectivity index (χ0n) is 53.5. The van der Waals surface area contributed by atoms with Gasteiger partial charge in [0.15, 0.2) is 0 Å². The molecule has 0 aliphatic carbocycles. The summed E-state index contributed by atoms with van der Waals surface area (Å²) in [7, 11) is 0. The van der Waals surface area contributed by atoms with Crippen molar-refractivity contribution in [1.29, 1.82) is 0 Å². The van der Waals surface area contributed by atoms with Gasteiger partial charge >= 0.3 is 0 Å². The molecule has 0 saturated carbocycles. The number of carbonyl (C=O) groups excluding carboxylic acids is 1. The van der Waals surface area contributed by atoms with Crippen LogP contribution in [0.25, 0.3) is 0 Å². The highest BCUT2D eigenvalue weighted by Gasteiger charge is 2.20. The second-order valence-corrected chi connectivity index (χ2v) is 25.7. The summed E-state index contributed by atoms with van der Waals surface area (Å²) >= 11 is 0. The van der Waals surface area contributed by atoms with Crippen LogP contribution < -0.4 is 5.32 Å². The summed E-state index contributed by atoms with van der Waals surface area (Å²) in [6, 6.07) is -0.533. The number of carbonyl (C=O) groups is 1. The zero-order valence-corrected chi connectivity index (χ0v) is 53.5. The summed E-state index contributed by atoms with van der Waals surface area (Å²) < 4.78 is 0. The first-order valence-electron chi connectivity index (χ1n) is 36.7. The number of amides is 1. The van der Waals surface area contributed by atoms with Gasteiger partial charge in [0.2, 0.25) is 5.91 Å². The Morgan fingerprint density at radius 1 is 0.260 bits per heavy atom. The molecule has 0 aliphatic heterocycles. The molecule has 0 bridgehead atoms. The van der Waals surface area contributed by atoms with Gasteiger partial charge < -0.3 is 15.5 Å². The van der Waals surface area contributed by atoms with Gasteiger partial charge in [-0.15, -0.1) is 0 Å². The van der Waals surface area contributed by atoms with E-state index in [1.54, 1.807) is 0 Å². The van der Waals surface area contributed by atoms with Crippen LogP contribution in [0.15, 0.2) is 0 Å². The standard InChI is InChI=1S/C73H147NO3/c1-3-5-7-9-11-13-15-17-19-21-23-25-27-29-30-31-32-33-34-35-36-37-38-39-40-41-42-43-44-45-47-49-51-53-55-57-59-61-63-65-67-69-73(77)74-71(70-75)72(76)68-66-64-62-60-58-56-54-52-50-48-46-28-26-24-22-20-18-16-14-12-10-8-6-4-2/h71-72,75-76H,3-70H2,1-2H3,(H,74,77). The Morgan fingerprint density at radius 3 is 0.584 bits per heavy atom. The Labute approximate surface area is 486 Å². The second kappa shape index (κ2) is 69.7. The normalized spacial score (nSPS) is 12.5. The monoisotopic (exact) mass is 1090 g/mol. The van der Waals surface area contributed by atoms with Gasteiger partial charge in [-0.3, -0.25) is 4.79 Å². The molecule has 0 rings (SSSR count). The predicted molar refractivity (Wildman–Crippen MR) is 346 cm³/mol. The fourth-order valence-electron chi connectivity index (χ4n) is 12.3. The molecule has 2 atom stereocenters. The topological polar surface area (TPSA) is 69.6 Å². The quantitative estimate of drug-likeness (QED) is 0.0532. The fourth-order valence-corrected chi connectivity index (χ4v) is 12.3. The van der Waals surface area contributed by atoms with Gasteiger partial charge in [-0.2, -0.15) is 0 Å². The van der Waals surface area contributed by atoms with Gasteiger partial charge in [0.05, 0.1) is 18.8 Å². The van der Waals surface area contributed by atoms with Crippen molar-refractivity contribution in [2.24, 2.45) is 0 Å². The second-order valence-electron chi connectivity index (χ2n) is 25.7. The molecule has 0 aromatic carbocycles. The van der Waals surface area contributed by atoms with Crippen LogP contribution in [-0.2, 0) is 4.79 Å². The van der Waals surface area contributed by atoms with E-state index in [2.05, 4.69) is 19.2 Å². The zero-order chi connectivity index (χ0) is 55.5. The number of hydrogen-bond donors (Lipinski definition) is 3. The van der Waals surface area contributed by atoms with E-state index in [0.29, 0.717) is 12.8 Å². The maximum atomic E-state index is 12.6. The van der Waals surface area contributed by atoms with Gasteiger partial charge in [-0.1, -0.05) is 425 Å². The fraction of sp³-hybridized carbons (Fsp3) is 0.986. The van der Waals surface area contributed by atoms with E-state index >= 15 is 0 Å². The van der Waals surface area contributed by atoms with Gasteiger partial charge in [0.1, 0.15) is 0 Å². The van der Waals surface area contributed by atoms with Crippen molar-refractivity contribution in [3.05, 3.63) is 0 Å². The smallest absolute Gasteiger partial charge is 0.220 e. The van der Waals surface area contributed by atoms with Crippen LogP contribution in [0, 0.1) is 0 Å². The maximum absolute atomic E-state index is 12.6. The van der Waals surface area contributed by atoms with Crippen LogP contribution >= 0.6 is 0 Å². The summed E-state index contributed by atoms with van der Waals surface area (Å²) in [6.45, 7) is 4.42. The van der Waals surface area contributed by atoms with Crippen LogP contribution in [0.4, 0.5) is 0 Å². The summed E-state index contributed by atoms with van der Waals surface area (Å²) in [5, 5.41) is 23.5. The molecule has 4 nitrogen and oxygen atoms in total. The molecule has 0 aliphatic rings. The molecule has 0 radical (unpaired) electrons. The molecule has 0 fully saturated rings. The van der Waals surface area contributed by atoms with E-state index in [-0.39, 0.29) is 12.5 Å². The van der Waals surface area contributed by atoms with E-state index in [9.17, 15) is 15.0 Å². The molecular weight excluding hydrogens is 939 g/mol. The number of nitrogens with one attached hydrogen (secondary N) is 1. The van der Waals surface area contributed by atoms with E-state index in [1.807, 2.05) is 0 Å². The highest BCUT2D eigenvalue weighted by Crippen LogP contribution is 2.20. The van der Waals surface area contributed by atoms with Crippen molar-refractivity contribution in [2.75, 3.05) is 6.61 Å². The molecule has 2 unspecified atom stereocenters. The minimum absolute atomic E-state index is 0.0190. The Morgan fingerprint density at radius 2 is 0.416 bits per heavy atom. The SMILES string of the molecule is CCCCCCCCCCCCCCCCCCCCCCCCCCCCCCCCCCCCCCCCCCCC(=O)NC(CO)C(O)CCCCCCCCCCCCCCCCCCCCCCCCCC. The van der Waals surface area contributed by atoms with Crippen molar-refractivity contribution >= 4 is 5.91 Å². The number of aliphatic hydroxyl groups is 2. The first kappa shape index (κ1) is 76.4. The third-order valence-electron chi connectivity index (χ3n) is 17.9. The highest BCUT2D eigenvalue weighted by atomic mass is 16.3. The van der Waals surface area contributed by atoms with Gasteiger partial charge in [0, 0.05) is 6.42 Å². The lowest BCUT2D eigenvalue weighted by Crippen LogP contribution is -2.45. The first-order chi connectivity index (χ1) is 38.2. The minimum atomic E-state index is -0.656. The molecule has 0 aromatic heterocycles. The molecule has 0 saturated heterocycles. The summed E-state index contributed by atoms with van der Waals surface area (Å²) in [4.78, 5) is 12.6. The lowest BCUT2D eigenvalue weighted by Gasteiger charge is -2.22. The van der Waals surface area contributed by atoms with E-state index in [0.717, 1.165) is 25.7 Å². The summed E-state index contributed by atoms with van der Waals surface area (Å²) in [5.41, 5.74) is 0. The number of hydrogen-bond acceptors (Lipinski definition) is 3. The predicted octanol–water partition coefficient (Wildman–Crippen LogP) is 25.0. The van der Waals surface area contributed by atoms with Gasteiger partial charge in [0.25, 0.3) is 0 Å². The molecule has 3 N–H and O–H groups in total. The van der Waals surface area contributed by atoms with Crippen LogP contribution in [0.3, 0.4) is 0 Å². The van der Waals surface area contributed by atoms with Crippen molar-refractivity contribution in [3.63, 3.8) is 0 Å². The molecule has 77 heavy (non-hydrogen) atoms. The third-order valence-corrected chi connectivity index (χ3v) is 17.9. The van der Waals surface area contributed by atoms with Crippen LogP contribution in [-0.4, -0.2) is 34.9 Å². The van der Waals surface area contributed by atoms with E-state index < -0.39 is 12.1 Å². The summed E-state index contributed by atoms with van der Waals surface area (Å²) in [5.74, 6) is -0.0190. The molecule has 0 heterocycles. The number of rotatable bonds is 70. The lowest BCUT2D eigenvalue weighted by molar-refractivity contribution is -0.123. The van der Waals surface area contributed by atoms with Crippen LogP contribution in [0.5, 0.6) is 0 Å². The molecular formula is C73H147NO3. The largest absolute Gasteiger partial charge is 0.394 e. The van der Waals surface area contributed by atoms with E-state index in [4.69, 9.17) is 0 Å². The Bertz CT molecular complexity index is 1050. The maximum Gasteiger partial charge on any atom is 0.220 e. The van der Waals surface area contributed by atoms with Gasteiger partial charge in [-0.05, 0) is 12.8 Å². The number of aliphatic hydroxyl groups excluding tert-OH is 2. The average Bonchev–Trinajstić information content (AvgIpc) is 3.43. The Kier molecular flexibility index (Phi) is 69.1. The molecule has 4 heteroatoms. The van der Waals surface area contributed by atoms with Gasteiger partial charge in [-0.25, -0.2) is 0 Å². The van der Waals surface area contributed by atoms with E-state index in [1.165, 1.54) is 392 Å². The molecule has 0 spiro atoms. The summed E-state index contributed by atoms with van der Waals surface area (Å²) in [6.07, 6.45) is 91.9. The van der Waals surface area contributed by atoms with Crippen molar-refractivity contribution < 1.29 is 15.0 Å². The minimum Gasteiger partial charge on any atom is -0.394 e. The molecule has 462 valence electrons. The first-order valence-corrected chi connectivity index (χ1v) is 36.7. The van der Waals surface area contributed by atoms with Crippen molar-refractivity contribution in [3.8, 4) is 0 Å². The lowest BCUT2D eigenvalue weighted by atomic mass is 10.0. The number of unbranched alkanes of at least 4 members (excludes halogenated alkanes) is 63. The molecule has 0 aromatic rings. The average molecular weight is 1090 g/mol. The van der Waals surface area contributed by atoms with Crippen molar-refractivity contribution in [1.82, 2.24) is 5.32 Å². The third kappa shape index (κ3) is 66.1.